The van der Waals surface area contributed by atoms with E-state index in [9.17, 15) is 10.4 Å². The van der Waals surface area contributed by atoms with Crippen molar-refractivity contribution < 1.29 is 9.84 Å². The lowest BCUT2D eigenvalue weighted by Crippen LogP contribution is -2.46. The number of ether oxygens (including phenoxy) is 1. The molecule has 0 bridgehead atoms. The van der Waals surface area contributed by atoms with Crippen LogP contribution in [0.4, 0.5) is 23.0 Å². The molecule has 40 heavy (non-hydrogen) atoms. The number of piperidine rings is 1. The maximum atomic E-state index is 9.94. The van der Waals surface area contributed by atoms with Crippen LogP contribution in [0.15, 0.2) is 72.6 Å². The van der Waals surface area contributed by atoms with Gasteiger partial charge < -0.3 is 30.7 Å². The predicted molar refractivity (Wildman–Crippen MR) is 156 cm³/mol. The molecule has 3 heterocycles. The lowest BCUT2D eigenvalue weighted by Gasteiger charge is -2.31. The molecule has 1 atom stereocenters. The number of β-amino-alcohol motifs (C(OH)–C–C–N with tert-alkyl or cyclic N) is 1. The van der Waals surface area contributed by atoms with Crippen LogP contribution < -0.4 is 21.0 Å². The minimum Gasteiger partial charge on any atom is -0.391 e. The van der Waals surface area contributed by atoms with Gasteiger partial charge in [0.15, 0.2) is 0 Å². The van der Waals surface area contributed by atoms with Crippen LogP contribution in [0.1, 0.15) is 18.4 Å². The van der Waals surface area contributed by atoms with E-state index in [0.717, 1.165) is 55.1 Å². The fraction of sp³-hybridized carbons (Fsp3) is 0.310. The first-order valence-corrected chi connectivity index (χ1v) is 13.3. The molecule has 2 aromatic carbocycles. The van der Waals surface area contributed by atoms with Crippen molar-refractivity contribution in [1.29, 1.82) is 5.26 Å². The summed E-state index contributed by atoms with van der Waals surface area (Å²) in [5.41, 5.74) is 10.9. The van der Waals surface area contributed by atoms with Crippen LogP contribution in [-0.4, -0.2) is 71.4 Å². The number of hydrogen-bond donors (Lipinski definition) is 3. The SMILES string of the molecule is C=CN(/N=C(\N)N1CCCC(O)C1)c1ccc(Nc2nccc(-c3cc(C#N)cc(N4CCOCC4)c3)n2)cc1. The lowest BCUT2D eigenvalue weighted by molar-refractivity contribution is 0.102. The monoisotopic (exact) mass is 539 g/mol. The number of nitrogens with zero attached hydrogens (tertiary/aromatic N) is 7. The Morgan fingerprint density at radius 1 is 1.20 bits per heavy atom. The molecule has 4 N–H and O–H groups in total. The third-order valence-electron chi connectivity index (χ3n) is 6.87. The summed E-state index contributed by atoms with van der Waals surface area (Å²) in [6, 6.07) is 17.5. The average Bonchev–Trinajstić information content (AvgIpc) is 3.00. The Morgan fingerprint density at radius 2 is 2.00 bits per heavy atom. The molecule has 0 aliphatic carbocycles. The summed E-state index contributed by atoms with van der Waals surface area (Å²) in [7, 11) is 0. The van der Waals surface area contributed by atoms with Crippen LogP contribution in [0.25, 0.3) is 11.3 Å². The third-order valence-corrected chi connectivity index (χ3v) is 6.87. The minimum absolute atomic E-state index is 0.336. The summed E-state index contributed by atoms with van der Waals surface area (Å²) < 4.78 is 5.47. The van der Waals surface area contributed by atoms with Crippen LogP contribution in [-0.2, 0) is 4.74 Å². The second-order valence-electron chi connectivity index (χ2n) is 9.64. The van der Waals surface area contributed by atoms with Crippen LogP contribution in [0, 0.1) is 11.3 Å². The van der Waals surface area contributed by atoms with Crippen LogP contribution in [0.3, 0.4) is 0 Å². The van der Waals surface area contributed by atoms with Gasteiger partial charge in [0.05, 0.1) is 42.3 Å². The minimum atomic E-state index is -0.395. The quantitative estimate of drug-likeness (QED) is 0.233. The van der Waals surface area contributed by atoms with Crippen LogP contribution in [0.2, 0.25) is 0 Å². The largest absolute Gasteiger partial charge is 0.391 e. The van der Waals surface area contributed by atoms with Gasteiger partial charge in [0.1, 0.15) is 0 Å². The summed E-state index contributed by atoms with van der Waals surface area (Å²) in [6.45, 7) is 7.98. The number of likely N-dealkylation sites (tertiary alicyclic amines) is 1. The van der Waals surface area contributed by atoms with Gasteiger partial charge in [0.25, 0.3) is 0 Å². The fourth-order valence-electron chi connectivity index (χ4n) is 4.77. The summed E-state index contributed by atoms with van der Waals surface area (Å²) in [6.07, 6.45) is 4.53. The van der Waals surface area contributed by atoms with Gasteiger partial charge >= 0.3 is 0 Å². The van der Waals surface area contributed by atoms with Crippen LogP contribution >= 0.6 is 0 Å². The Balaban J connectivity index is 1.30. The van der Waals surface area contributed by atoms with Crippen molar-refractivity contribution in [3.8, 4) is 17.3 Å². The Bertz CT molecular complexity index is 1400. The molecule has 2 saturated heterocycles. The van der Waals surface area contributed by atoms with E-state index in [4.69, 9.17) is 15.5 Å². The molecule has 2 aliphatic heterocycles. The van der Waals surface area contributed by atoms with Gasteiger partial charge in [0, 0.05) is 55.5 Å². The molecule has 11 nitrogen and oxygen atoms in total. The lowest BCUT2D eigenvalue weighted by atomic mass is 10.1. The van der Waals surface area contributed by atoms with Crippen molar-refractivity contribution in [3.05, 3.63) is 73.1 Å². The summed E-state index contributed by atoms with van der Waals surface area (Å²) in [4.78, 5) is 13.2. The summed E-state index contributed by atoms with van der Waals surface area (Å²) in [5, 5.41) is 28.9. The fourth-order valence-corrected chi connectivity index (χ4v) is 4.77. The predicted octanol–water partition coefficient (Wildman–Crippen LogP) is 3.23. The number of aliphatic hydroxyl groups excluding tert-OH is 1. The Morgan fingerprint density at radius 3 is 2.73 bits per heavy atom. The second kappa shape index (κ2) is 12.5. The number of nitrogens with two attached hydrogens (primary N) is 1. The van der Waals surface area contributed by atoms with Gasteiger partial charge in [-0.15, -0.1) is 5.10 Å². The second-order valence-corrected chi connectivity index (χ2v) is 9.64. The number of guanidine groups is 1. The van der Waals surface area contributed by atoms with E-state index in [2.05, 4.69) is 33.0 Å². The number of aliphatic hydroxyl groups is 1. The topological polar surface area (TPSA) is 139 Å². The molecule has 2 aliphatic rings. The summed E-state index contributed by atoms with van der Waals surface area (Å²) in [5.74, 6) is 0.773. The number of nitriles is 1. The van der Waals surface area contributed by atoms with Crippen molar-refractivity contribution in [2.45, 2.75) is 18.9 Å². The van der Waals surface area contributed by atoms with E-state index in [1.807, 2.05) is 53.4 Å². The molecule has 206 valence electrons. The van der Waals surface area contributed by atoms with Gasteiger partial charge in [-0.2, -0.15) is 5.26 Å². The highest BCUT2D eigenvalue weighted by Gasteiger charge is 2.20. The van der Waals surface area contributed by atoms with Crippen molar-refractivity contribution in [2.24, 2.45) is 10.8 Å². The molecular weight excluding hydrogens is 506 g/mol. The maximum Gasteiger partial charge on any atom is 0.227 e. The van der Waals surface area contributed by atoms with Gasteiger partial charge in [-0.05, 0) is 61.4 Å². The molecular formula is C29H33N9O2. The number of benzene rings is 2. The number of morpholine rings is 1. The first-order valence-electron chi connectivity index (χ1n) is 13.3. The first kappa shape index (κ1) is 26.9. The van der Waals surface area contributed by atoms with Crippen LogP contribution in [0.5, 0.6) is 0 Å². The normalized spacial score (nSPS) is 17.7. The Hall–Kier alpha value is -4.66. The number of rotatable bonds is 7. The Labute approximate surface area is 233 Å². The average molecular weight is 540 g/mol. The van der Waals surface area contributed by atoms with E-state index in [1.165, 1.54) is 0 Å². The van der Waals surface area contributed by atoms with Crippen molar-refractivity contribution in [2.75, 3.05) is 54.6 Å². The van der Waals surface area contributed by atoms with Crippen molar-refractivity contribution in [1.82, 2.24) is 14.9 Å². The van der Waals surface area contributed by atoms with Gasteiger partial charge in [0.2, 0.25) is 11.9 Å². The van der Waals surface area contributed by atoms with E-state index in [1.54, 1.807) is 17.4 Å². The summed E-state index contributed by atoms with van der Waals surface area (Å²) >= 11 is 0. The smallest absolute Gasteiger partial charge is 0.227 e. The number of hydrogen-bond acceptors (Lipinski definition) is 9. The Kier molecular flexibility index (Phi) is 8.39. The number of hydrazone groups is 1. The van der Waals surface area contributed by atoms with Gasteiger partial charge in [-0.25, -0.2) is 15.0 Å². The van der Waals surface area contributed by atoms with Crippen molar-refractivity contribution >= 4 is 29.0 Å². The zero-order chi connectivity index (χ0) is 27.9. The first-order chi connectivity index (χ1) is 19.5. The maximum absolute atomic E-state index is 9.94. The third kappa shape index (κ3) is 6.48. The number of nitrogens with one attached hydrogen (secondary N) is 1. The zero-order valence-corrected chi connectivity index (χ0v) is 22.3. The van der Waals surface area contributed by atoms with Gasteiger partial charge in [-0.1, -0.05) is 6.58 Å². The molecule has 3 aromatic rings. The highest BCUT2D eigenvalue weighted by atomic mass is 16.5. The highest BCUT2D eigenvalue weighted by molar-refractivity contribution is 5.79. The zero-order valence-electron chi connectivity index (χ0n) is 22.3. The molecule has 0 spiro atoms. The molecule has 5 rings (SSSR count). The van der Waals surface area contributed by atoms with Gasteiger partial charge in [-0.3, -0.25) is 0 Å². The van der Waals surface area contributed by atoms with E-state index >= 15 is 0 Å². The molecule has 1 aromatic heterocycles. The van der Waals surface area contributed by atoms with E-state index in [0.29, 0.717) is 42.9 Å². The van der Waals surface area contributed by atoms with Crippen molar-refractivity contribution in [3.63, 3.8) is 0 Å². The molecule has 0 radical (unpaired) electrons. The molecule has 11 heteroatoms. The highest BCUT2D eigenvalue weighted by Crippen LogP contribution is 2.28. The number of anilines is 4. The van der Waals surface area contributed by atoms with E-state index in [-0.39, 0.29) is 0 Å². The molecule has 0 saturated carbocycles. The molecule has 0 amide bonds. The molecule has 1 unspecified atom stereocenters. The van der Waals surface area contributed by atoms with E-state index < -0.39 is 6.10 Å². The molecule has 2 fully saturated rings. The number of aromatic nitrogens is 2. The standard InChI is InChI=1S/C29H33N9O2/c1-2-38(35-28(31)37-11-3-4-26(39)20-37)24-7-5-23(6-8-24)33-29-32-10-9-27(34-29)22-16-21(19-30)17-25(18-22)36-12-14-40-15-13-36/h2,5-10,16-18,26,39H,1,3-4,11-15,20H2,(H2,31,35)(H,32,33,34).